The summed E-state index contributed by atoms with van der Waals surface area (Å²) < 4.78 is 13.2. The first-order valence-corrected chi connectivity index (χ1v) is 5.63. The van der Waals surface area contributed by atoms with E-state index in [0.29, 0.717) is 17.0 Å². The number of benzene rings is 1. The van der Waals surface area contributed by atoms with E-state index in [9.17, 15) is 4.39 Å². The van der Waals surface area contributed by atoms with Crippen molar-refractivity contribution >= 4 is 28.5 Å². The zero-order valence-corrected chi connectivity index (χ0v) is 10.1. The Morgan fingerprint density at radius 1 is 1.32 bits per heavy atom. The number of aromatic amines is 1. The summed E-state index contributed by atoms with van der Waals surface area (Å²) in [7, 11) is 0. The van der Waals surface area contributed by atoms with E-state index in [1.54, 1.807) is 25.3 Å². The number of aryl methyl sites for hydroxylation is 1. The molecule has 2 aromatic heterocycles. The Labute approximate surface area is 107 Å². The molecule has 7 heteroatoms. The van der Waals surface area contributed by atoms with E-state index < -0.39 is 0 Å². The molecule has 2 heterocycles. The number of H-pyrrole nitrogens is 1. The SMILES string of the molecule is Cc1cc(Nc2nc(N)nc3[nH]ncc23)ccc1F. The van der Waals surface area contributed by atoms with Crippen LogP contribution in [-0.2, 0) is 0 Å². The number of fused-ring (bicyclic) bond motifs is 1. The number of rotatable bonds is 2. The second kappa shape index (κ2) is 4.20. The first-order valence-electron chi connectivity index (χ1n) is 5.63. The van der Waals surface area contributed by atoms with Crippen LogP contribution < -0.4 is 11.1 Å². The largest absolute Gasteiger partial charge is 0.368 e. The molecule has 0 radical (unpaired) electrons. The van der Waals surface area contributed by atoms with E-state index in [0.717, 1.165) is 11.1 Å². The normalized spacial score (nSPS) is 10.8. The van der Waals surface area contributed by atoms with Crippen molar-refractivity contribution in [1.29, 1.82) is 0 Å². The molecule has 0 saturated heterocycles. The van der Waals surface area contributed by atoms with Gasteiger partial charge in [-0.1, -0.05) is 0 Å². The standard InChI is InChI=1S/C12H11FN6/c1-6-4-7(2-3-9(6)13)16-10-8-5-15-19-11(8)18-12(14)17-10/h2-5H,1H3,(H4,14,15,16,17,18,19). The van der Waals surface area contributed by atoms with Gasteiger partial charge in [-0.15, -0.1) is 0 Å². The molecular formula is C12H11FN6. The van der Waals surface area contributed by atoms with E-state index >= 15 is 0 Å². The lowest BCUT2D eigenvalue weighted by atomic mass is 10.2. The molecule has 0 aliphatic heterocycles. The molecule has 0 aliphatic carbocycles. The van der Waals surface area contributed by atoms with Crippen molar-refractivity contribution in [1.82, 2.24) is 20.2 Å². The number of anilines is 3. The average molecular weight is 258 g/mol. The quantitative estimate of drug-likeness (QED) is 0.654. The van der Waals surface area contributed by atoms with Crippen LogP contribution in [0.3, 0.4) is 0 Å². The van der Waals surface area contributed by atoms with E-state index in [-0.39, 0.29) is 11.8 Å². The van der Waals surface area contributed by atoms with Gasteiger partial charge in [0.25, 0.3) is 0 Å². The van der Waals surface area contributed by atoms with Crippen molar-refractivity contribution in [3.05, 3.63) is 35.8 Å². The van der Waals surface area contributed by atoms with Gasteiger partial charge in [0.05, 0.1) is 11.6 Å². The predicted octanol–water partition coefficient (Wildman–Crippen LogP) is 2.13. The Morgan fingerprint density at radius 2 is 2.16 bits per heavy atom. The van der Waals surface area contributed by atoms with Crippen LogP contribution in [0, 0.1) is 12.7 Å². The average Bonchev–Trinajstić information content (AvgIpc) is 2.82. The summed E-state index contributed by atoms with van der Waals surface area (Å²) in [6.45, 7) is 1.70. The summed E-state index contributed by atoms with van der Waals surface area (Å²) in [5.41, 5.74) is 7.44. The number of hydrogen-bond acceptors (Lipinski definition) is 5. The molecule has 0 bridgehead atoms. The van der Waals surface area contributed by atoms with Gasteiger partial charge in [-0.2, -0.15) is 15.1 Å². The summed E-state index contributed by atoms with van der Waals surface area (Å²) >= 11 is 0. The molecule has 0 aliphatic rings. The Kier molecular flexibility index (Phi) is 2.52. The maximum atomic E-state index is 13.2. The molecule has 96 valence electrons. The molecule has 3 aromatic rings. The minimum Gasteiger partial charge on any atom is -0.368 e. The smallest absolute Gasteiger partial charge is 0.224 e. The molecule has 6 nitrogen and oxygen atoms in total. The van der Waals surface area contributed by atoms with Crippen molar-refractivity contribution in [2.24, 2.45) is 0 Å². The first kappa shape index (κ1) is 11.4. The van der Waals surface area contributed by atoms with Crippen molar-refractivity contribution in [3.8, 4) is 0 Å². The second-order valence-corrected chi connectivity index (χ2v) is 4.15. The van der Waals surface area contributed by atoms with E-state index in [4.69, 9.17) is 5.73 Å². The third kappa shape index (κ3) is 2.05. The summed E-state index contributed by atoms with van der Waals surface area (Å²) in [6.07, 6.45) is 1.60. The van der Waals surface area contributed by atoms with Crippen molar-refractivity contribution < 1.29 is 4.39 Å². The van der Waals surface area contributed by atoms with Crippen LogP contribution in [0.5, 0.6) is 0 Å². The van der Waals surface area contributed by atoms with Gasteiger partial charge in [-0.05, 0) is 30.7 Å². The Balaban J connectivity index is 2.04. The molecule has 0 unspecified atom stereocenters. The van der Waals surface area contributed by atoms with E-state index in [1.807, 2.05) is 0 Å². The summed E-state index contributed by atoms with van der Waals surface area (Å²) in [4.78, 5) is 8.14. The molecule has 1 aromatic carbocycles. The van der Waals surface area contributed by atoms with Crippen LogP contribution in [0.4, 0.5) is 21.8 Å². The van der Waals surface area contributed by atoms with Crippen molar-refractivity contribution in [2.45, 2.75) is 6.92 Å². The van der Waals surface area contributed by atoms with Gasteiger partial charge in [0.15, 0.2) is 5.65 Å². The van der Waals surface area contributed by atoms with Crippen LogP contribution in [0.15, 0.2) is 24.4 Å². The van der Waals surface area contributed by atoms with Crippen LogP contribution in [0.25, 0.3) is 11.0 Å². The molecule has 0 fully saturated rings. The second-order valence-electron chi connectivity index (χ2n) is 4.15. The summed E-state index contributed by atoms with van der Waals surface area (Å²) in [5.74, 6) is 0.418. The fourth-order valence-corrected chi connectivity index (χ4v) is 1.81. The molecule has 19 heavy (non-hydrogen) atoms. The monoisotopic (exact) mass is 258 g/mol. The highest BCUT2D eigenvalue weighted by atomic mass is 19.1. The Bertz CT molecular complexity index is 751. The first-order chi connectivity index (χ1) is 9.13. The Morgan fingerprint density at radius 3 is 2.95 bits per heavy atom. The zero-order valence-electron chi connectivity index (χ0n) is 10.1. The number of halogens is 1. The number of nitrogens with two attached hydrogens (primary N) is 1. The summed E-state index contributed by atoms with van der Waals surface area (Å²) in [5, 5.41) is 10.4. The fourth-order valence-electron chi connectivity index (χ4n) is 1.81. The van der Waals surface area contributed by atoms with Crippen LogP contribution in [0.2, 0.25) is 0 Å². The predicted molar refractivity (Wildman–Crippen MR) is 70.5 cm³/mol. The van der Waals surface area contributed by atoms with Crippen molar-refractivity contribution in [3.63, 3.8) is 0 Å². The lowest BCUT2D eigenvalue weighted by Gasteiger charge is -2.08. The van der Waals surface area contributed by atoms with Gasteiger partial charge in [0.2, 0.25) is 5.95 Å². The van der Waals surface area contributed by atoms with Gasteiger partial charge >= 0.3 is 0 Å². The molecule has 0 saturated carbocycles. The highest BCUT2D eigenvalue weighted by Gasteiger charge is 2.08. The Hall–Kier alpha value is -2.70. The van der Waals surface area contributed by atoms with Gasteiger partial charge in [0, 0.05) is 5.69 Å². The van der Waals surface area contributed by atoms with Crippen LogP contribution in [-0.4, -0.2) is 20.2 Å². The van der Waals surface area contributed by atoms with Crippen molar-refractivity contribution in [2.75, 3.05) is 11.1 Å². The molecule has 0 amide bonds. The fraction of sp³-hybridized carbons (Fsp3) is 0.0833. The number of nitrogen functional groups attached to an aromatic ring is 1. The van der Waals surface area contributed by atoms with Gasteiger partial charge in [0.1, 0.15) is 11.6 Å². The molecule has 0 spiro atoms. The highest BCUT2D eigenvalue weighted by Crippen LogP contribution is 2.24. The van der Waals surface area contributed by atoms with E-state index in [1.165, 1.54) is 6.07 Å². The lowest BCUT2D eigenvalue weighted by molar-refractivity contribution is 0.619. The summed E-state index contributed by atoms with van der Waals surface area (Å²) in [6, 6.07) is 4.72. The number of aromatic nitrogens is 4. The zero-order chi connectivity index (χ0) is 13.4. The molecule has 3 rings (SSSR count). The van der Waals surface area contributed by atoms with Gasteiger partial charge in [-0.25, -0.2) is 4.39 Å². The third-order valence-corrected chi connectivity index (χ3v) is 2.75. The number of nitrogens with zero attached hydrogens (tertiary/aromatic N) is 3. The maximum absolute atomic E-state index is 13.2. The third-order valence-electron chi connectivity index (χ3n) is 2.75. The number of hydrogen-bond donors (Lipinski definition) is 3. The molecular weight excluding hydrogens is 247 g/mol. The van der Waals surface area contributed by atoms with Gasteiger partial charge < -0.3 is 11.1 Å². The maximum Gasteiger partial charge on any atom is 0.224 e. The van der Waals surface area contributed by atoms with E-state index in [2.05, 4.69) is 25.5 Å². The lowest BCUT2D eigenvalue weighted by Crippen LogP contribution is -2.01. The highest BCUT2D eigenvalue weighted by molar-refractivity contribution is 5.88. The van der Waals surface area contributed by atoms with Gasteiger partial charge in [-0.3, -0.25) is 5.10 Å². The minimum absolute atomic E-state index is 0.137. The van der Waals surface area contributed by atoms with Crippen LogP contribution >= 0.6 is 0 Å². The topological polar surface area (TPSA) is 92.5 Å². The van der Waals surface area contributed by atoms with Crippen LogP contribution in [0.1, 0.15) is 5.56 Å². The number of nitrogens with one attached hydrogen (secondary N) is 2. The minimum atomic E-state index is -0.249. The molecule has 4 N–H and O–H groups in total. The molecule has 0 atom stereocenters.